The highest BCUT2D eigenvalue weighted by Gasteiger charge is 2.54. The Hall–Kier alpha value is -3.72. The van der Waals surface area contributed by atoms with Crippen molar-refractivity contribution < 1.29 is 71.4 Å². The molecule has 15 nitrogen and oxygen atoms in total. The number of hydrogen-bond donors (Lipinski definition) is 0. The van der Waals surface area contributed by atoms with Crippen LogP contribution >= 0.6 is 0 Å². The van der Waals surface area contributed by atoms with Crippen LogP contribution in [0.1, 0.15) is 41.5 Å². The van der Waals surface area contributed by atoms with Crippen LogP contribution in [-0.4, -0.2) is 98.0 Å². The Morgan fingerprint density at radius 1 is 0.590 bits per heavy atom. The molecule has 0 amide bonds. The lowest BCUT2D eigenvalue weighted by Gasteiger charge is -2.46. The summed E-state index contributed by atoms with van der Waals surface area (Å²) >= 11 is 0. The molecule has 0 bridgehead atoms. The van der Waals surface area contributed by atoms with Crippen LogP contribution in [0.5, 0.6) is 0 Å². The lowest BCUT2D eigenvalue weighted by Crippen LogP contribution is -2.64. The van der Waals surface area contributed by atoms with E-state index in [4.69, 9.17) is 42.6 Å². The molecule has 15 heteroatoms. The van der Waals surface area contributed by atoms with E-state index in [1.165, 1.54) is 19.3 Å². The fourth-order valence-electron chi connectivity index (χ4n) is 3.87. The second kappa shape index (κ2) is 14.4. The molecule has 2 aliphatic rings. The predicted molar refractivity (Wildman–Crippen MR) is 123 cm³/mol. The standard InChI is InChI=1S/C24H32O15/c1-11(25)32-9-18-20(17(7-8-31-18)34-13(3)27)39-24-23(37-16(6)30)22(36-15(5)29)21(35-14(4)28)19(38-24)10-33-12(2)26/h7-8,17-24H,9-10H2,1-6H3/t17-,18-,19+,20-,21+,22-,23+,24-/m1/s1. The second-order valence-corrected chi connectivity index (χ2v) is 8.55. The minimum absolute atomic E-state index is 0.326. The van der Waals surface area contributed by atoms with E-state index >= 15 is 0 Å². The Morgan fingerprint density at radius 3 is 1.59 bits per heavy atom. The minimum atomic E-state index is -1.58. The molecule has 0 aliphatic carbocycles. The largest absolute Gasteiger partial charge is 0.492 e. The first-order chi connectivity index (χ1) is 18.3. The van der Waals surface area contributed by atoms with E-state index in [1.54, 1.807) is 0 Å². The molecule has 0 saturated carbocycles. The van der Waals surface area contributed by atoms with Gasteiger partial charge in [-0.15, -0.1) is 0 Å². The number of hydrogen-bond acceptors (Lipinski definition) is 15. The van der Waals surface area contributed by atoms with Crippen molar-refractivity contribution in [2.45, 2.75) is 90.6 Å². The molecule has 1 saturated heterocycles. The van der Waals surface area contributed by atoms with E-state index in [-0.39, 0.29) is 6.61 Å². The summed E-state index contributed by atoms with van der Waals surface area (Å²) in [5, 5.41) is 0. The zero-order valence-electron chi connectivity index (χ0n) is 22.3. The van der Waals surface area contributed by atoms with Gasteiger partial charge in [0.15, 0.2) is 36.8 Å². The summed E-state index contributed by atoms with van der Waals surface area (Å²) in [6, 6.07) is 0. The van der Waals surface area contributed by atoms with Gasteiger partial charge in [0.25, 0.3) is 0 Å². The summed E-state index contributed by atoms with van der Waals surface area (Å²) in [5.41, 5.74) is 0. The molecule has 2 aliphatic heterocycles. The zero-order valence-corrected chi connectivity index (χ0v) is 22.3. The van der Waals surface area contributed by atoms with Gasteiger partial charge in [-0.2, -0.15) is 0 Å². The van der Waals surface area contributed by atoms with Gasteiger partial charge < -0.3 is 42.6 Å². The van der Waals surface area contributed by atoms with Gasteiger partial charge in [-0.05, 0) is 6.08 Å². The van der Waals surface area contributed by atoms with Gasteiger partial charge in [0.1, 0.15) is 25.4 Å². The first kappa shape index (κ1) is 31.5. The fourth-order valence-corrected chi connectivity index (χ4v) is 3.87. The van der Waals surface area contributed by atoms with Gasteiger partial charge in [-0.3, -0.25) is 28.8 Å². The van der Waals surface area contributed by atoms with Crippen molar-refractivity contribution in [3.8, 4) is 0 Å². The molecular formula is C24H32O15. The predicted octanol–water partition coefficient (Wildman–Crippen LogP) is -0.138. The summed E-state index contributed by atoms with van der Waals surface area (Å²) < 4.78 is 49.0. The summed E-state index contributed by atoms with van der Waals surface area (Å²) in [4.78, 5) is 70.6. The average molecular weight is 561 g/mol. The number of ether oxygens (including phenoxy) is 9. The average Bonchev–Trinajstić information content (AvgIpc) is 2.80. The van der Waals surface area contributed by atoms with Crippen LogP contribution < -0.4 is 0 Å². The minimum Gasteiger partial charge on any atom is -0.492 e. The molecule has 0 unspecified atom stereocenters. The van der Waals surface area contributed by atoms with Crippen LogP contribution in [0, 0.1) is 0 Å². The molecular weight excluding hydrogens is 528 g/mol. The third-order valence-electron chi connectivity index (χ3n) is 5.20. The van der Waals surface area contributed by atoms with Crippen molar-refractivity contribution in [3.63, 3.8) is 0 Å². The van der Waals surface area contributed by atoms with Crippen LogP contribution in [0.2, 0.25) is 0 Å². The Bertz CT molecular complexity index is 959. The normalized spacial score (nSPS) is 29.7. The summed E-state index contributed by atoms with van der Waals surface area (Å²) in [6.45, 7) is 5.92. The van der Waals surface area contributed by atoms with Crippen molar-refractivity contribution in [3.05, 3.63) is 12.3 Å². The van der Waals surface area contributed by atoms with E-state index < -0.39 is 91.4 Å². The van der Waals surface area contributed by atoms with Crippen molar-refractivity contribution in [1.29, 1.82) is 0 Å². The quantitative estimate of drug-likeness (QED) is 0.254. The molecule has 2 heterocycles. The van der Waals surface area contributed by atoms with Gasteiger partial charge in [0.2, 0.25) is 0 Å². The summed E-state index contributed by atoms with van der Waals surface area (Å²) in [7, 11) is 0. The second-order valence-electron chi connectivity index (χ2n) is 8.55. The molecule has 0 aromatic rings. The lowest BCUT2D eigenvalue weighted by atomic mass is 9.97. The smallest absolute Gasteiger partial charge is 0.303 e. The monoisotopic (exact) mass is 560 g/mol. The molecule has 1 fully saturated rings. The Labute approximate surface area is 223 Å². The van der Waals surface area contributed by atoms with Crippen molar-refractivity contribution in [2.75, 3.05) is 13.2 Å². The molecule has 39 heavy (non-hydrogen) atoms. The van der Waals surface area contributed by atoms with E-state index in [0.717, 1.165) is 34.6 Å². The maximum absolute atomic E-state index is 12.0. The van der Waals surface area contributed by atoms with Crippen LogP contribution in [0.25, 0.3) is 0 Å². The van der Waals surface area contributed by atoms with Gasteiger partial charge in [-0.25, -0.2) is 0 Å². The van der Waals surface area contributed by atoms with Crippen molar-refractivity contribution in [1.82, 2.24) is 0 Å². The third kappa shape index (κ3) is 9.83. The Kier molecular flexibility index (Phi) is 11.7. The van der Waals surface area contributed by atoms with E-state index in [0.29, 0.717) is 0 Å². The topological polar surface area (TPSA) is 185 Å². The van der Waals surface area contributed by atoms with Crippen molar-refractivity contribution >= 4 is 35.8 Å². The maximum atomic E-state index is 12.0. The molecule has 2 rings (SSSR count). The first-order valence-electron chi connectivity index (χ1n) is 11.9. The maximum Gasteiger partial charge on any atom is 0.303 e. The van der Waals surface area contributed by atoms with Crippen molar-refractivity contribution in [2.24, 2.45) is 0 Å². The Balaban J connectivity index is 2.52. The molecule has 0 radical (unpaired) electrons. The number of carbonyl (C=O) groups excluding carboxylic acids is 6. The van der Waals surface area contributed by atoms with E-state index in [9.17, 15) is 28.8 Å². The van der Waals surface area contributed by atoms with Gasteiger partial charge in [0, 0.05) is 41.5 Å². The number of rotatable bonds is 10. The van der Waals surface area contributed by atoms with Crippen LogP contribution in [0.4, 0.5) is 0 Å². The highest BCUT2D eigenvalue weighted by atomic mass is 16.7. The highest BCUT2D eigenvalue weighted by molar-refractivity contribution is 5.69. The van der Waals surface area contributed by atoms with Gasteiger partial charge in [0.05, 0.1) is 6.26 Å². The summed E-state index contributed by atoms with van der Waals surface area (Å²) in [6.07, 6.45) is -7.97. The third-order valence-corrected chi connectivity index (χ3v) is 5.20. The molecule has 0 aromatic carbocycles. The molecule has 0 N–H and O–H groups in total. The van der Waals surface area contributed by atoms with Gasteiger partial charge in [-0.1, -0.05) is 0 Å². The Morgan fingerprint density at radius 2 is 1.08 bits per heavy atom. The lowest BCUT2D eigenvalue weighted by molar-refractivity contribution is -0.328. The number of esters is 6. The van der Waals surface area contributed by atoms with E-state index in [2.05, 4.69) is 0 Å². The van der Waals surface area contributed by atoms with Crippen LogP contribution in [0.15, 0.2) is 12.3 Å². The highest BCUT2D eigenvalue weighted by Crippen LogP contribution is 2.32. The molecule has 218 valence electrons. The summed E-state index contributed by atoms with van der Waals surface area (Å²) in [5.74, 6) is -4.43. The number of carbonyl (C=O) groups is 6. The van der Waals surface area contributed by atoms with E-state index in [1.807, 2.05) is 0 Å². The first-order valence-corrected chi connectivity index (χ1v) is 11.9. The fraction of sp³-hybridized carbons (Fsp3) is 0.667. The zero-order chi connectivity index (χ0) is 29.3. The van der Waals surface area contributed by atoms with Crippen LogP contribution in [-0.2, 0) is 71.4 Å². The molecule has 8 atom stereocenters. The SMILES string of the molecule is CC(=O)OC[C@@H]1O[C@H](O[C@@H]2[C@H](OC(C)=O)C=CO[C@@H]2COC(C)=O)[C@@H](OC(C)=O)[C@H](OC(C)=O)[C@H]1OC(C)=O. The van der Waals surface area contributed by atoms with Crippen LogP contribution in [0.3, 0.4) is 0 Å². The molecule has 0 spiro atoms. The van der Waals surface area contributed by atoms with Gasteiger partial charge >= 0.3 is 35.8 Å². The molecule has 0 aromatic heterocycles.